The van der Waals surface area contributed by atoms with E-state index in [1.165, 1.54) is 29.5 Å². The topological polar surface area (TPSA) is 78.9 Å². The molecule has 0 aliphatic carbocycles. The number of amides is 1. The number of anilines is 1. The summed E-state index contributed by atoms with van der Waals surface area (Å²) in [7, 11) is 1.62. The van der Waals surface area contributed by atoms with Crippen molar-refractivity contribution in [2.75, 3.05) is 19.2 Å². The number of carbonyl (C=O) groups is 1. The highest BCUT2D eigenvalue weighted by molar-refractivity contribution is 7.14. The van der Waals surface area contributed by atoms with Gasteiger partial charge in [0.05, 0.1) is 19.4 Å². The lowest BCUT2D eigenvalue weighted by Crippen LogP contribution is -2.14. The molecule has 1 amide bonds. The number of aromatic nitrogens is 1. The second kappa shape index (κ2) is 11.2. The number of methoxy groups -OCH3 is 1. The molecule has 37 heavy (non-hydrogen) atoms. The molecular weight excluding hydrogens is 495 g/mol. The Morgan fingerprint density at radius 2 is 1.92 bits per heavy atom. The van der Waals surface area contributed by atoms with Crippen molar-refractivity contribution in [1.82, 2.24) is 4.98 Å². The largest absolute Gasteiger partial charge is 0.497 e. The summed E-state index contributed by atoms with van der Waals surface area (Å²) in [6, 6.07) is 17.6. The van der Waals surface area contributed by atoms with Crippen LogP contribution in [0.25, 0.3) is 17.3 Å². The van der Waals surface area contributed by atoms with Crippen LogP contribution in [0.4, 0.5) is 9.52 Å². The number of nitrogens with one attached hydrogen (secondary N) is 1. The van der Waals surface area contributed by atoms with E-state index in [9.17, 15) is 9.18 Å². The Morgan fingerprint density at radius 1 is 1.14 bits per heavy atom. The molecular formula is C28H23FN2O5S. The van der Waals surface area contributed by atoms with Crippen molar-refractivity contribution in [3.63, 3.8) is 0 Å². The van der Waals surface area contributed by atoms with E-state index < -0.39 is 0 Å². The molecule has 2 heterocycles. The van der Waals surface area contributed by atoms with Gasteiger partial charge in [-0.2, -0.15) is 0 Å². The molecule has 188 valence electrons. The summed E-state index contributed by atoms with van der Waals surface area (Å²) < 4.78 is 35.6. The van der Waals surface area contributed by atoms with Crippen molar-refractivity contribution in [2.45, 2.75) is 13.2 Å². The first-order chi connectivity index (χ1) is 18.1. The summed E-state index contributed by atoms with van der Waals surface area (Å²) in [6.45, 7) is 0.595. The third-order valence-corrected chi connectivity index (χ3v) is 6.33. The van der Waals surface area contributed by atoms with E-state index in [0.29, 0.717) is 34.4 Å². The van der Waals surface area contributed by atoms with E-state index in [1.807, 2.05) is 41.8 Å². The normalized spacial score (nSPS) is 12.6. The van der Waals surface area contributed by atoms with Gasteiger partial charge in [-0.05, 0) is 60.2 Å². The zero-order chi connectivity index (χ0) is 25.6. The number of carbonyl (C=O) groups excluding carboxylic acids is 1. The highest BCUT2D eigenvalue weighted by Crippen LogP contribution is 2.30. The van der Waals surface area contributed by atoms with Crippen LogP contribution in [-0.2, 0) is 22.7 Å². The Bertz CT molecular complexity index is 1420. The van der Waals surface area contributed by atoms with Crippen LogP contribution in [0.15, 0.2) is 72.1 Å². The number of rotatable bonds is 8. The maximum Gasteiger partial charge on any atom is 0.250 e. The lowest BCUT2D eigenvalue weighted by Gasteiger charge is -2.21. The molecule has 3 aromatic carbocycles. The molecule has 0 fully saturated rings. The van der Waals surface area contributed by atoms with Gasteiger partial charge in [0.15, 0.2) is 11.9 Å². The second-order valence-corrected chi connectivity index (χ2v) is 8.97. The minimum atomic E-state index is -0.361. The number of benzene rings is 3. The summed E-state index contributed by atoms with van der Waals surface area (Å²) in [6.07, 6.45) is 3.15. The summed E-state index contributed by atoms with van der Waals surface area (Å²) in [4.78, 5) is 16.8. The van der Waals surface area contributed by atoms with Gasteiger partial charge in [0.2, 0.25) is 5.91 Å². The van der Waals surface area contributed by atoms with Gasteiger partial charge in [-0.25, -0.2) is 9.37 Å². The smallest absolute Gasteiger partial charge is 0.250 e. The maximum absolute atomic E-state index is 13.9. The Balaban J connectivity index is 1.15. The van der Waals surface area contributed by atoms with E-state index in [-0.39, 0.29) is 25.1 Å². The van der Waals surface area contributed by atoms with E-state index >= 15 is 0 Å². The number of thiazole rings is 1. The highest BCUT2D eigenvalue weighted by Gasteiger charge is 2.17. The Kier molecular flexibility index (Phi) is 7.43. The van der Waals surface area contributed by atoms with Crippen molar-refractivity contribution in [1.29, 1.82) is 0 Å². The lowest BCUT2D eigenvalue weighted by molar-refractivity contribution is -0.111. The number of hydrogen-bond acceptors (Lipinski definition) is 7. The summed E-state index contributed by atoms with van der Waals surface area (Å²) >= 11 is 1.36. The summed E-state index contributed by atoms with van der Waals surface area (Å²) in [5.41, 5.74) is 3.83. The van der Waals surface area contributed by atoms with E-state index in [0.717, 1.165) is 22.6 Å². The van der Waals surface area contributed by atoms with Crippen molar-refractivity contribution in [3.05, 3.63) is 94.6 Å². The molecule has 9 heteroatoms. The molecule has 0 radical (unpaired) electrons. The Morgan fingerprint density at radius 3 is 2.70 bits per heavy atom. The Hall–Kier alpha value is -4.21. The minimum Gasteiger partial charge on any atom is -0.497 e. The zero-order valence-electron chi connectivity index (χ0n) is 19.9. The van der Waals surface area contributed by atoms with Crippen LogP contribution < -0.4 is 19.5 Å². The SMILES string of the molecule is COc1ccc(-c2csc(NC(=O)/C=C/c3ccc(OCc4cc(F)cc5c4OCOC5)cc3)n2)cc1. The zero-order valence-corrected chi connectivity index (χ0v) is 20.7. The molecule has 1 N–H and O–H groups in total. The molecule has 0 bridgehead atoms. The fraction of sp³-hybridized carbons (Fsp3) is 0.143. The van der Waals surface area contributed by atoms with Gasteiger partial charge in [0.1, 0.15) is 29.7 Å². The first-order valence-electron chi connectivity index (χ1n) is 11.4. The highest BCUT2D eigenvalue weighted by atomic mass is 32.1. The minimum absolute atomic E-state index is 0.132. The van der Waals surface area contributed by atoms with Gasteiger partial charge in [0, 0.05) is 28.1 Å². The van der Waals surface area contributed by atoms with Crippen LogP contribution in [-0.4, -0.2) is 24.8 Å². The number of nitrogens with zero attached hydrogens (tertiary/aromatic N) is 1. The van der Waals surface area contributed by atoms with Crippen LogP contribution in [0.2, 0.25) is 0 Å². The standard InChI is InChI=1S/C28H23FN2O5S/c1-33-23-9-5-19(6-10-23)25-16-37-28(30-25)31-26(32)11-4-18-2-7-24(8-3-18)35-15-21-13-22(29)12-20-14-34-17-36-27(20)21/h2-13,16H,14-15,17H2,1H3,(H,30,31,32)/b11-4+. The molecule has 1 aromatic heterocycles. The number of fused-ring (bicyclic) bond motifs is 1. The number of hydrogen-bond donors (Lipinski definition) is 1. The average Bonchev–Trinajstić information content (AvgIpc) is 3.39. The predicted molar refractivity (Wildman–Crippen MR) is 139 cm³/mol. The van der Waals surface area contributed by atoms with Gasteiger partial charge in [-0.1, -0.05) is 12.1 Å². The van der Waals surface area contributed by atoms with E-state index in [4.69, 9.17) is 18.9 Å². The third kappa shape index (κ3) is 6.14. The lowest BCUT2D eigenvalue weighted by atomic mass is 10.1. The fourth-order valence-corrected chi connectivity index (χ4v) is 4.47. The van der Waals surface area contributed by atoms with Gasteiger partial charge in [-0.15, -0.1) is 11.3 Å². The maximum atomic E-state index is 13.9. The van der Waals surface area contributed by atoms with Crippen molar-refractivity contribution >= 4 is 28.5 Å². The van der Waals surface area contributed by atoms with E-state index in [1.54, 1.807) is 25.3 Å². The van der Waals surface area contributed by atoms with Gasteiger partial charge < -0.3 is 18.9 Å². The molecule has 5 rings (SSSR count). The van der Waals surface area contributed by atoms with Crippen LogP contribution in [0.1, 0.15) is 16.7 Å². The quantitative estimate of drug-likeness (QED) is 0.286. The van der Waals surface area contributed by atoms with Crippen LogP contribution >= 0.6 is 11.3 Å². The molecule has 0 spiro atoms. The van der Waals surface area contributed by atoms with Gasteiger partial charge >= 0.3 is 0 Å². The van der Waals surface area contributed by atoms with Gasteiger partial charge in [-0.3, -0.25) is 10.1 Å². The summed E-state index contributed by atoms with van der Waals surface area (Å²) in [5, 5.41) is 5.19. The van der Waals surface area contributed by atoms with Crippen molar-refractivity contribution < 1.29 is 28.1 Å². The van der Waals surface area contributed by atoms with Crippen molar-refractivity contribution in [2.24, 2.45) is 0 Å². The average molecular weight is 519 g/mol. The van der Waals surface area contributed by atoms with Crippen LogP contribution in [0.5, 0.6) is 17.2 Å². The molecule has 0 saturated carbocycles. The van der Waals surface area contributed by atoms with Crippen LogP contribution in [0.3, 0.4) is 0 Å². The van der Waals surface area contributed by atoms with E-state index in [2.05, 4.69) is 10.3 Å². The molecule has 1 aliphatic rings. The molecule has 0 atom stereocenters. The third-order valence-electron chi connectivity index (χ3n) is 5.57. The first-order valence-corrected chi connectivity index (χ1v) is 12.3. The fourth-order valence-electron chi connectivity index (χ4n) is 3.74. The number of halogens is 1. The molecule has 1 aliphatic heterocycles. The van der Waals surface area contributed by atoms with Crippen molar-refractivity contribution in [3.8, 4) is 28.5 Å². The van der Waals surface area contributed by atoms with Gasteiger partial charge in [0.25, 0.3) is 0 Å². The second-order valence-electron chi connectivity index (χ2n) is 8.11. The Labute approximate surface area is 217 Å². The van der Waals surface area contributed by atoms with Crippen LogP contribution in [0, 0.1) is 5.82 Å². The molecule has 0 unspecified atom stereocenters. The predicted octanol–water partition coefficient (Wildman–Crippen LogP) is 6.06. The molecule has 7 nitrogen and oxygen atoms in total. The number of ether oxygens (including phenoxy) is 4. The monoisotopic (exact) mass is 518 g/mol. The summed E-state index contributed by atoms with van der Waals surface area (Å²) in [5.74, 6) is 1.35. The molecule has 0 saturated heterocycles. The molecule has 4 aromatic rings. The first kappa shape index (κ1) is 24.5.